The van der Waals surface area contributed by atoms with E-state index in [-0.39, 0.29) is 36.1 Å². The average molecular weight is 439 g/mol. The van der Waals surface area contributed by atoms with Gasteiger partial charge in [-0.3, -0.25) is 10.1 Å². The van der Waals surface area contributed by atoms with Crippen molar-refractivity contribution in [3.8, 4) is 0 Å². The third-order valence-corrected chi connectivity index (χ3v) is 8.44. The Morgan fingerprint density at radius 3 is 2.77 bits per heavy atom. The Morgan fingerprint density at radius 1 is 1.35 bits per heavy atom. The predicted octanol–water partition coefficient (Wildman–Crippen LogP) is 3.49. The molecular weight excluding hydrogens is 400 g/mol. The monoisotopic (exact) mass is 438 g/mol. The molecule has 0 spiro atoms. The number of ether oxygens (including phenoxy) is 3. The molecule has 0 aromatic rings. The van der Waals surface area contributed by atoms with Gasteiger partial charge < -0.3 is 19.3 Å². The quantitative estimate of drug-likeness (QED) is 0.300. The maximum atomic E-state index is 12.6. The van der Waals surface area contributed by atoms with Crippen LogP contribution in [-0.2, 0) is 23.9 Å². The number of aliphatic hydroxyl groups is 1. The molecular formula is C24H38O7. The molecule has 3 saturated heterocycles. The molecule has 3 aliphatic heterocycles. The number of carbonyl (C=O) groups is 1. The molecule has 4 fully saturated rings. The topological polar surface area (TPSA) is 94.5 Å². The van der Waals surface area contributed by atoms with Crippen LogP contribution in [-0.4, -0.2) is 58.6 Å². The third kappa shape index (κ3) is 3.86. The molecule has 0 aromatic heterocycles. The summed E-state index contributed by atoms with van der Waals surface area (Å²) in [6.45, 7) is 12.7. The number of rotatable bonds is 4. The Hall–Kier alpha value is -0.990. The first-order valence-electron chi connectivity index (χ1n) is 11.8. The molecule has 4 bridgehead atoms. The fraction of sp³-hybridized carbons (Fsp3) is 0.875. The Labute approximate surface area is 185 Å². The van der Waals surface area contributed by atoms with E-state index in [1.807, 2.05) is 20.8 Å². The molecule has 4 rings (SSSR count). The minimum atomic E-state index is -1.07. The number of esters is 1. The van der Waals surface area contributed by atoms with Crippen molar-refractivity contribution in [3.63, 3.8) is 0 Å². The van der Waals surface area contributed by atoms with Gasteiger partial charge in [-0.15, -0.1) is 0 Å². The van der Waals surface area contributed by atoms with E-state index in [9.17, 15) is 15.2 Å². The van der Waals surface area contributed by atoms with Gasteiger partial charge in [-0.1, -0.05) is 20.4 Å². The van der Waals surface area contributed by atoms with Gasteiger partial charge in [0.05, 0.1) is 17.8 Å². The lowest BCUT2D eigenvalue weighted by atomic mass is 9.55. The van der Waals surface area contributed by atoms with Gasteiger partial charge in [0.25, 0.3) is 0 Å². The summed E-state index contributed by atoms with van der Waals surface area (Å²) >= 11 is 0. The van der Waals surface area contributed by atoms with Crippen molar-refractivity contribution < 1.29 is 34.3 Å². The number of hydrogen-bond acceptors (Lipinski definition) is 7. The molecule has 1 aliphatic carbocycles. The van der Waals surface area contributed by atoms with Crippen molar-refractivity contribution in [1.82, 2.24) is 0 Å². The maximum absolute atomic E-state index is 12.6. The molecule has 7 heteroatoms. The van der Waals surface area contributed by atoms with Crippen molar-refractivity contribution in [1.29, 1.82) is 0 Å². The van der Waals surface area contributed by atoms with E-state index in [2.05, 4.69) is 13.5 Å². The maximum Gasteiger partial charge on any atom is 0.306 e. The summed E-state index contributed by atoms with van der Waals surface area (Å²) in [4.78, 5) is 17.4. The molecule has 2 N–H and O–H groups in total. The first-order chi connectivity index (χ1) is 14.6. The van der Waals surface area contributed by atoms with Gasteiger partial charge in [-0.2, -0.15) is 0 Å². The number of hydrogen-bond donors (Lipinski definition) is 2. The molecule has 176 valence electrons. The van der Waals surface area contributed by atoms with Crippen molar-refractivity contribution in [2.24, 2.45) is 23.7 Å². The van der Waals surface area contributed by atoms with E-state index in [1.165, 1.54) is 0 Å². The van der Waals surface area contributed by atoms with Crippen LogP contribution in [0.1, 0.15) is 66.2 Å². The molecule has 1 saturated carbocycles. The highest BCUT2D eigenvalue weighted by molar-refractivity contribution is 5.69. The Bertz CT molecular complexity index is 706. The van der Waals surface area contributed by atoms with Crippen LogP contribution in [0, 0.1) is 23.7 Å². The van der Waals surface area contributed by atoms with Crippen LogP contribution in [0.15, 0.2) is 12.2 Å². The van der Waals surface area contributed by atoms with Gasteiger partial charge in [0.1, 0.15) is 17.8 Å². The minimum Gasteiger partial charge on any atom is -0.457 e. The molecule has 7 nitrogen and oxygen atoms in total. The zero-order valence-electron chi connectivity index (χ0n) is 19.2. The zero-order valence-corrected chi connectivity index (χ0v) is 19.2. The lowest BCUT2D eigenvalue weighted by Crippen LogP contribution is -2.63. The minimum absolute atomic E-state index is 0.0500. The fourth-order valence-electron chi connectivity index (χ4n) is 6.79. The highest BCUT2D eigenvalue weighted by Gasteiger charge is 2.66. The first-order valence-corrected chi connectivity index (χ1v) is 11.8. The van der Waals surface area contributed by atoms with Gasteiger partial charge in [0.15, 0.2) is 0 Å². The van der Waals surface area contributed by atoms with Crippen LogP contribution in [0.3, 0.4) is 0 Å². The molecule has 31 heavy (non-hydrogen) atoms. The van der Waals surface area contributed by atoms with Gasteiger partial charge in [0, 0.05) is 24.9 Å². The van der Waals surface area contributed by atoms with E-state index in [0.29, 0.717) is 50.5 Å². The van der Waals surface area contributed by atoms with Crippen molar-refractivity contribution >= 4 is 5.97 Å². The van der Waals surface area contributed by atoms with Crippen molar-refractivity contribution in [2.45, 2.75) is 102 Å². The SMILES string of the molecule is C=C1C[C@H]2O[C@H]([C@@H]3[C@@H]4C[C@@H](OC[C@@H]4C)[C@](C)(O)[C@@H]32)[C@](C)(OC(=O)CCC)CC[C@@H]1OO. The number of fused-ring (bicyclic) bond motifs is 8. The summed E-state index contributed by atoms with van der Waals surface area (Å²) in [7, 11) is 0. The van der Waals surface area contributed by atoms with Gasteiger partial charge in [-0.25, -0.2) is 4.89 Å². The van der Waals surface area contributed by atoms with Crippen molar-refractivity contribution in [2.75, 3.05) is 6.61 Å². The fourth-order valence-corrected chi connectivity index (χ4v) is 6.79. The van der Waals surface area contributed by atoms with Gasteiger partial charge in [0.2, 0.25) is 0 Å². The smallest absolute Gasteiger partial charge is 0.306 e. The van der Waals surface area contributed by atoms with E-state index in [1.54, 1.807) is 0 Å². The summed E-state index contributed by atoms with van der Waals surface area (Å²) in [5.74, 6) is 0.283. The summed E-state index contributed by atoms with van der Waals surface area (Å²) in [6, 6.07) is 0. The summed E-state index contributed by atoms with van der Waals surface area (Å²) in [6.07, 6.45) is 1.83. The van der Waals surface area contributed by atoms with Crippen molar-refractivity contribution in [3.05, 3.63) is 12.2 Å². The lowest BCUT2D eigenvalue weighted by molar-refractivity contribution is -0.272. The second kappa shape index (κ2) is 8.41. The van der Waals surface area contributed by atoms with Crippen LogP contribution in [0.25, 0.3) is 0 Å². The zero-order chi connectivity index (χ0) is 22.6. The molecule has 0 aromatic carbocycles. The summed E-state index contributed by atoms with van der Waals surface area (Å²) in [5.41, 5.74) is -1.22. The van der Waals surface area contributed by atoms with E-state index in [0.717, 1.165) is 12.0 Å². The molecule has 3 heterocycles. The Morgan fingerprint density at radius 2 is 2.10 bits per heavy atom. The van der Waals surface area contributed by atoms with Crippen LogP contribution in [0.2, 0.25) is 0 Å². The first kappa shape index (κ1) is 23.2. The Balaban J connectivity index is 1.77. The largest absolute Gasteiger partial charge is 0.457 e. The second-order valence-corrected chi connectivity index (χ2v) is 10.7. The highest BCUT2D eigenvalue weighted by Crippen LogP contribution is 2.59. The van der Waals surface area contributed by atoms with E-state index >= 15 is 0 Å². The van der Waals surface area contributed by atoms with Gasteiger partial charge in [-0.05, 0) is 63.4 Å². The third-order valence-electron chi connectivity index (χ3n) is 8.44. The van der Waals surface area contributed by atoms with Gasteiger partial charge >= 0.3 is 5.97 Å². The van der Waals surface area contributed by atoms with E-state index in [4.69, 9.17) is 19.1 Å². The molecule has 0 amide bonds. The van der Waals surface area contributed by atoms with E-state index < -0.39 is 17.3 Å². The highest BCUT2D eigenvalue weighted by atomic mass is 17.1. The second-order valence-electron chi connectivity index (χ2n) is 10.7. The molecule has 10 atom stereocenters. The predicted molar refractivity (Wildman–Crippen MR) is 113 cm³/mol. The average Bonchev–Trinajstić information content (AvgIpc) is 3.10. The summed E-state index contributed by atoms with van der Waals surface area (Å²) in [5, 5.41) is 21.2. The van der Waals surface area contributed by atoms with Crippen LogP contribution < -0.4 is 0 Å². The Kier molecular flexibility index (Phi) is 6.29. The summed E-state index contributed by atoms with van der Waals surface area (Å²) < 4.78 is 18.9. The molecule has 4 aliphatic rings. The molecule has 0 radical (unpaired) electrons. The standard InChI is InChI=1S/C24H38O7/c1-6-7-19(25)30-23(4)9-8-16(31-27)13(2)10-17-21-20(22(23)29-17)15-11-18(24(21,5)26)28-12-14(15)3/h14-18,20-22,26-27H,2,6-12H2,1,3-5H3/t14-,15+,16-,17+,18+,20+,21+,22+,23+,24-/m0/s1. The number of carbonyl (C=O) groups excluding carboxylic acids is 1. The normalized spacial score (nSPS) is 49.5. The molecule has 0 unspecified atom stereocenters. The van der Waals surface area contributed by atoms with Crippen LogP contribution in [0.5, 0.6) is 0 Å². The van der Waals surface area contributed by atoms with Crippen LogP contribution >= 0.6 is 0 Å². The lowest BCUT2D eigenvalue weighted by Gasteiger charge is -2.55. The van der Waals surface area contributed by atoms with Crippen LogP contribution in [0.4, 0.5) is 0 Å².